The Kier molecular flexibility index (Phi) is 5.91. The lowest BCUT2D eigenvalue weighted by Crippen LogP contribution is -2.24. The van der Waals surface area contributed by atoms with Crippen LogP contribution >= 0.6 is 0 Å². The largest absolute Gasteiger partial charge is 0.497 e. The Balaban J connectivity index is 1.71. The molecule has 0 fully saturated rings. The molecule has 2 N–H and O–H groups in total. The molecule has 0 spiro atoms. The van der Waals surface area contributed by atoms with Crippen LogP contribution in [-0.4, -0.2) is 31.0 Å². The van der Waals surface area contributed by atoms with Gasteiger partial charge in [0.05, 0.1) is 32.7 Å². The number of hydrogen-bond acceptors (Lipinski definition) is 6. The van der Waals surface area contributed by atoms with Crippen LogP contribution in [0, 0.1) is 0 Å². The zero-order valence-corrected chi connectivity index (χ0v) is 15.4. The number of methoxy groups -OCH3 is 2. The average Bonchev–Trinajstić information content (AvgIpc) is 3.26. The van der Waals surface area contributed by atoms with Crippen molar-refractivity contribution in [3.8, 4) is 11.5 Å². The smallest absolute Gasteiger partial charge is 0.270 e. The van der Waals surface area contributed by atoms with Gasteiger partial charge in [0.1, 0.15) is 23.0 Å². The van der Waals surface area contributed by atoms with Gasteiger partial charge in [-0.05, 0) is 36.4 Å². The van der Waals surface area contributed by atoms with Crippen molar-refractivity contribution in [1.29, 1.82) is 0 Å². The summed E-state index contributed by atoms with van der Waals surface area (Å²) in [6.07, 6.45) is 2.93. The average molecular weight is 381 g/mol. The molecule has 0 saturated heterocycles. The molecule has 3 rings (SSSR count). The lowest BCUT2D eigenvalue weighted by atomic mass is 10.2. The molecule has 0 aliphatic carbocycles. The van der Waals surface area contributed by atoms with Gasteiger partial charge in [0.25, 0.3) is 11.8 Å². The predicted octanol–water partition coefficient (Wildman–Crippen LogP) is 2.87. The lowest BCUT2D eigenvalue weighted by molar-refractivity contribution is 0.0943. The van der Waals surface area contributed by atoms with Crippen molar-refractivity contribution in [2.24, 2.45) is 0 Å². The van der Waals surface area contributed by atoms with Crippen molar-refractivity contribution < 1.29 is 23.5 Å². The number of anilines is 1. The summed E-state index contributed by atoms with van der Waals surface area (Å²) in [6, 6.07) is 11.5. The number of ether oxygens (including phenoxy) is 2. The van der Waals surface area contributed by atoms with Gasteiger partial charge >= 0.3 is 0 Å². The number of nitrogens with one attached hydrogen (secondary N) is 2. The van der Waals surface area contributed by atoms with Crippen molar-refractivity contribution in [1.82, 2.24) is 10.3 Å². The lowest BCUT2D eigenvalue weighted by Gasteiger charge is -2.12. The first-order valence-corrected chi connectivity index (χ1v) is 8.40. The van der Waals surface area contributed by atoms with E-state index in [0.29, 0.717) is 22.9 Å². The number of carbonyl (C=O) groups excluding carboxylic acids is 2. The third-order valence-corrected chi connectivity index (χ3v) is 3.91. The summed E-state index contributed by atoms with van der Waals surface area (Å²) in [5, 5.41) is 5.44. The molecule has 0 radical (unpaired) electrons. The van der Waals surface area contributed by atoms with Gasteiger partial charge in [-0.3, -0.25) is 14.6 Å². The number of aromatic nitrogens is 1. The number of hydrogen-bond donors (Lipinski definition) is 2. The Morgan fingerprint density at radius 3 is 2.64 bits per heavy atom. The van der Waals surface area contributed by atoms with Gasteiger partial charge < -0.3 is 24.5 Å². The fourth-order valence-corrected chi connectivity index (χ4v) is 2.46. The Labute approximate surface area is 161 Å². The van der Waals surface area contributed by atoms with E-state index >= 15 is 0 Å². The molecule has 2 amide bonds. The highest BCUT2D eigenvalue weighted by Crippen LogP contribution is 2.29. The summed E-state index contributed by atoms with van der Waals surface area (Å²) < 4.78 is 15.6. The summed E-state index contributed by atoms with van der Waals surface area (Å²) in [5.74, 6) is 0.875. The van der Waals surface area contributed by atoms with Crippen LogP contribution < -0.4 is 20.1 Å². The molecule has 0 bridgehead atoms. The summed E-state index contributed by atoms with van der Waals surface area (Å²) in [7, 11) is 3.04. The normalized spacial score (nSPS) is 10.2. The molecule has 3 aromatic rings. The molecule has 0 saturated carbocycles. The number of furan rings is 1. The van der Waals surface area contributed by atoms with Crippen molar-refractivity contribution in [3.05, 3.63) is 71.9 Å². The highest BCUT2D eigenvalue weighted by Gasteiger charge is 2.14. The number of benzene rings is 1. The van der Waals surface area contributed by atoms with Crippen molar-refractivity contribution in [3.63, 3.8) is 0 Å². The summed E-state index contributed by atoms with van der Waals surface area (Å²) in [6.45, 7) is 0.229. The van der Waals surface area contributed by atoms with Crippen LogP contribution in [0.2, 0.25) is 0 Å². The van der Waals surface area contributed by atoms with E-state index in [-0.39, 0.29) is 17.8 Å². The van der Waals surface area contributed by atoms with Crippen molar-refractivity contribution in [2.45, 2.75) is 6.54 Å². The maximum absolute atomic E-state index is 12.6. The van der Waals surface area contributed by atoms with Crippen LogP contribution in [-0.2, 0) is 6.54 Å². The highest BCUT2D eigenvalue weighted by atomic mass is 16.5. The second-order valence-corrected chi connectivity index (χ2v) is 5.71. The van der Waals surface area contributed by atoms with Gasteiger partial charge in [-0.2, -0.15) is 0 Å². The molecule has 28 heavy (non-hydrogen) atoms. The minimum atomic E-state index is -0.409. The first-order valence-electron chi connectivity index (χ1n) is 8.40. The number of amides is 2. The van der Waals surface area contributed by atoms with Gasteiger partial charge in [0.2, 0.25) is 0 Å². The van der Waals surface area contributed by atoms with Gasteiger partial charge in [0.15, 0.2) is 0 Å². The second-order valence-electron chi connectivity index (χ2n) is 5.71. The summed E-state index contributed by atoms with van der Waals surface area (Å²) >= 11 is 0. The molecule has 0 aliphatic rings. The molecule has 8 nitrogen and oxygen atoms in total. The first kappa shape index (κ1) is 19.0. The molecule has 0 atom stereocenters. The molecule has 144 valence electrons. The first-order chi connectivity index (χ1) is 13.6. The number of pyridine rings is 1. The Hall–Kier alpha value is -3.81. The zero-order valence-electron chi connectivity index (χ0n) is 15.4. The fourth-order valence-electron chi connectivity index (χ4n) is 2.46. The quantitative estimate of drug-likeness (QED) is 0.652. The van der Waals surface area contributed by atoms with E-state index < -0.39 is 11.8 Å². The Morgan fingerprint density at radius 2 is 1.93 bits per heavy atom. The molecular weight excluding hydrogens is 362 g/mol. The molecule has 2 aromatic heterocycles. The Morgan fingerprint density at radius 1 is 1.07 bits per heavy atom. The monoisotopic (exact) mass is 381 g/mol. The van der Waals surface area contributed by atoms with E-state index in [0.717, 1.165) is 0 Å². The van der Waals surface area contributed by atoms with Gasteiger partial charge in [0, 0.05) is 17.8 Å². The summed E-state index contributed by atoms with van der Waals surface area (Å²) in [5.41, 5.74) is 0.894. The standard InChI is InChI=1S/C20H19N3O5/c1-26-14-5-6-16(18(11-14)27-2)23-19(24)13-7-8-21-17(10-13)20(25)22-12-15-4-3-9-28-15/h3-11H,12H2,1-2H3,(H,22,25)(H,23,24). The molecule has 0 aliphatic heterocycles. The summed E-state index contributed by atoms with van der Waals surface area (Å²) in [4.78, 5) is 28.9. The zero-order chi connectivity index (χ0) is 19.9. The molecular formula is C20H19N3O5. The van der Waals surface area contributed by atoms with E-state index in [9.17, 15) is 9.59 Å². The van der Waals surface area contributed by atoms with Crippen molar-refractivity contribution >= 4 is 17.5 Å². The van der Waals surface area contributed by atoms with Crippen molar-refractivity contribution in [2.75, 3.05) is 19.5 Å². The minimum Gasteiger partial charge on any atom is -0.497 e. The molecule has 8 heteroatoms. The van der Waals surface area contributed by atoms with E-state index in [4.69, 9.17) is 13.9 Å². The molecule has 1 aromatic carbocycles. The maximum Gasteiger partial charge on any atom is 0.270 e. The van der Waals surface area contributed by atoms with Gasteiger partial charge in [-0.1, -0.05) is 0 Å². The number of rotatable bonds is 7. The third-order valence-electron chi connectivity index (χ3n) is 3.91. The van der Waals surface area contributed by atoms with Crippen LogP contribution in [0.4, 0.5) is 5.69 Å². The fraction of sp³-hybridized carbons (Fsp3) is 0.150. The second kappa shape index (κ2) is 8.72. The van der Waals surface area contributed by atoms with Crippen LogP contribution in [0.3, 0.4) is 0 Å². The third kappa shape index (κ3) is 4.47. The number of nitrogens with zero attached hydrogens (tertiary/aromatic N) is 1. The Bertz CT molecular complexity index is 970. The van der Waals surface area contributed by atoms with Crippen LogP contribution in [0.5, 0.6) is 11.5 Å². The molecule has 0 unspecified atom stereocenters. The van der Waals surface area contributed by atoms with Gasteiger partial charge in [-0.25, -0.2) is 0 Å². The van der Waals surface area contributed by atoms with Crippen LogP contribution in [0.15, 0.2) is 59.3 Å². The van der Waals surface area contributed by atoms with E-state index in [1.807, 2.05) is 0 Å². The molecule has 2 heterocycles. The minimum absolute atomic E-state index is 0.126. The van der Waals surface area contributed by atoms with Gasteiger partial charge in [-0.15, -0.1) is 0 Å². The highest BCUT2D eigenvalue weighted by molar-refractivity contribution is 6.06. The van der Waals surface area contributed by atoms with Crippen LogP contribution in [0.25, 0.3) is 0 Å². The predicted molar refractivity (Wildman–Crippen MR) is 102 cm³/mol. The van der Waals surface area contributed by atoms with E-state index in [1.165, 1.54) is 31.7 Å². The van der Waals surface area contributed by atoms with Crippen LogP contribution in [0.1, 0.15) is 26.6 Å². The topological polar surface area (TPSA) is 103 Å². The SMILES string of the molecule is COc1ccc(NC(=O)c2ccnc(C(=O)NCc3ccco3)c2)c(OC)c1. The van der Waals surface area contributed by atoms with E-state index in [1.54, 1.807) is 37.4 Å². The maximum atomic E-state index is 12.6. The van der Waals surface area contributed by atoms with E-state index in [2.05, 4.69) is 15.6 Å². The number of carbonyl (C=O) groups is 2.